The van der Waals surface area contributed by atoms with Crippen LogP contribution in [0.2, 0.25) is 0 Å². The summed E-state index contributed by atoms with van der Waals surface area (Å²) in [4.78, 5) is 0. The minimum Gasteiger partial charge on any atom is -0.494 e. The molecule has 1 aromatic rings. The van der Waals surface area contributed by atoms with Crippen molar-refractivity contribution in [3.8, 4) is 5.75 Å². The maximum absolute atomic E-state index is 12.2. The topological polar surface area (TPSA) is 38.3 Å². The number of hydrogen-bond acceptors (Lipinski definition) is 3. The number of para-hydroxylation sites is 1. The smallest absolute Gasteiger partial charge is 0.124 e. The monoisotopic (exact) mass is 297 g/mol. The molecular formula is C16H27NO2S. The molecule has 3 nitrogen and oxygen atoms in total. The van der Waals surface area contributed by atoms with E-state index in [-0.39, 0.29) is 6.04 Å². The lowest BCUT2D eigenvalue weighted by Crippen LogP contribution is -2.28. The molecule has 2 atom stereocenters. The van der Waals surface area contributed by atoms with Gasteiger partial charge in [-0.1, -0.05) is 39.0 Å². The molecular weight excluding hydrogens is 270 g/mol. The Morgan fingerprint density at radius 2 is 1.90 bits per heavy atom. The lowest BCUT2D eigenvalue weighted by molar-refractivity contribution is 0.333. The fourth-order valence-electron chi connectivity index (χ4n) is 2.19. The van der Waals surface area contributed by atoms with Crippen LogP contribution in [-0.4, -0.2) is 28.9 Å². The van der Waals surface area contributed by atoms with Gasteiger partial charge in [-0.2, -0.15) is 0 Å². The molecule has 0 aliphatic rings. The van der Waals surface area contributed by atoms with Crippen LogP contribution >= 0.6 is 0 Å². The molecule has 0 saturated heterocycles. The van der Waals surface area contributed by atoms with E-state index in [4.69, 9.17) is 4.74 Å². The van der Waals surface area contributed by atoms with E-state index in [1.54, 1.807) is 0 Å². The van der Waals surface area contributed by atoms with E-state index < -0.39 is 10.8 Å². The molecule has 114 valence electrons. The van der Waals surface area contributed by atoms with Crippen LogP contribution in [0.4, 0.5) is 0 Å². The summed E-state index contributed by atoms with van der Waals surface area (Å²) in [5.41, 5.74) is 1.10. The summed E-state index contributed by atoms with van der Waals surface area (Å²) >= 11 is 0. The van der Waals surface area contributed by atoms with Crippen LogP contribution in [0.1, 0.15) is 39.3 Å². The number of nitrogens with one attached hydrogen (secondary N) is 1. The molecule has 0 aliphatic carbocycles. The van der Waals surface area contributed by atoms with Crippen LogP contribution in [0.15, 0.2) is 24.3 Å². The predicted octanol–water partition coefficient (Wildman–Crippen LogP) is 3.14. The molecule has 0 amide bonds. The molecule has 0 fully saturated rings. The Kier molecular flexibility index (Phi) is 7.85. The normalized spacial score (nSPS) is 14.2. The zero-order chi connectivity index (χ0) is 15.0. The first-order chi connectivity index (χ1) is 9.58. The van der Waals surface area contributed by atoms with Gasteiger partial charge < -0.3 is 10.1 Å². The maximum Gasteiger partial charge on any atom is 0.124 e. The van der Waals surface area contributed by atoms with Crippen LogP contribution in [0.5, 0.6) is 5.75 Å². The Balaban J connectivity index is 2.87. The second-order valence-electron chi connectivity index (χ2n) is 5.25. The third-order valence-electron chi connectivity index (χ3n) is 2.92. The first kappa shape index (κ1) is 17.2. The molecule has 1 aromatic carbocycles. The molecule has 0 radical (unpaired) electrons. The van der Waals surface area contributed by atoms with Crippen molar-refractivity contribution in [2.75, 3.05) is 24.7 Å². The summed E-state index contributed by atoms with van der Waals surface area (Å²) < 4.78 is 17.9. The lowest BCUT2D eigenvalue weighted by Gasteiger charge is -2.21. The van der Waals surface area contributed by atoms with E-state index in [1.165, 1.54) is 0 Å². The van der Waals surface area contributed by atoms with Gasteiger partial charge in [0, 0.05) is 33.9 Å². The third-order valence-corrected chi connectivity index (χ3v) is 4.66. The highest BCUT2D eigenvalue weighted by Gasteiger charge is 2.18. The number of ether oxygens (including phenoxy) is 1. The van der Waals surface area contributed by atoms with Gasteiger partial charge in [-0.25, -0.2) is 0 Å². The average Bonchev–Trinajstić information content (AvgIpc) is 2.38. The molecule has 0 saturated carbocycles. The number of rotatable bonds is 9. The standard InChI is InChI=1S/C16H27NO2S/c1-5-17-15(12-20(18)11-13(3)4)14-9-7-8-10-16(14)19-6-2/h7-10,13,15,17H,5-6,11-12H2,1-4H3. The summed E-state index contributed by atoms with van der Waals surface area (Å²) in [6, 6.07) is 8.11. The van der Waals surface area contributed by atoms with E-state index in [0.29, 0.717) is 18.3 Å². The molecule has 0 aliphatic heterocycles. The van der Waals surface area contributed by atoms with E-state index in [1.807, 2.05) is 25.1 Å². The fourth-order valence-corrected chi connectivity index (χ4v) is 3.73. The number of hydrogen-bond donors (Lipinski definition) is 1. The first-order valence-corrected chi connectivity index (χ1v) is 8.87. The molecule has 4 heteroatoms. The molecule has 0 spiro atoms. The van der Waals surface area contributed by atoms with Gasteiger partial charge in [-0.3, -0.25) is 4.21 Å². The molecule has 0 bridgehead atoms. The summed E-state index contributed by atoms with van der Waals surface area (Å²) in [7, 11) is -0.812. The Bertz CT molecular complexity index is 421. The molecule has 20 heavy (non-hydrogen) atoms. The Morgan fingerprint density at radius 1 is 1.20 bits per heavy atom. The van der Waals surface area contributed by atoms with Crippen molar-refractivity contribution in [2.45, 2.75) is 33.7 Å². The Morgan fingerprint density at radius 3 is 2.50 bits per heavy atom. The van der Waals surface area contributed by atoms with Gasteiger partial charge in [0.25, 0.3) is 0 Å². The van der Waals surface area contributed by atoms with Gasteiger partial charge in [0.1, 0.15) is 5.75 Å². The van der Waals surface area contributed by atoms with Crippen LogP contribution in [0.3, 0.4) is 0 Å². The second kappa shape index (κ2) is 9.14. The van der Waals surface area contributed by atoms with Gasteiger partial charge in [0.05, 0.1) is 6.61 Å². The summed E-state index contributed by atoms with van der Waals surface area (Å²) in [6.07, 6.45) is 0. The van der Waals surface area contributed by atoms with E-state index in [0.717, 1.165) is 23.6 Å². The van der Waals surface area contributed by atoms with Crippen LogP contribution in [-0.2, 0) is 10.8 Å². The summed E-state index contributed by atoms with van der Waals surface area (Å²) in [5.74, 6) is 2.73. The zero-order valence-electron chi connectivity index (χ0n) is 13.0. The Hall–Kier alpha value is -0.870. The molecule has 0 aromatic heterocycles. The minimum absolute atomic E-state index is 0.0855. The zero-order valence-corrected chi connectivity index (χ0v) is 13.8. The van der Waals surface area contributed by atoms with Crippen molar-refractivity contribution in [1.29, 1.82) is 0 Å². The molecule has 1 rings (SSSR count). The highest BCUT2D eigenvalue weighted by molar-refractivity contribution is 7.85. The van der Waals surface area contributed by atoms with E-state index in [2.05, 4.69) is 32.2 Å². The predicted molar refractivity (Wildman–Crippen MR) is 86.7 cm³/mol. The van der Waals surface area contributed by atoms with Crippen LogP contribution < -0.4 is 10.1 Å². The summed E-state index contributed by atoms with van der Waals surface area (Å²) in [5, 5.41) is 3.43. The quantitative estimate of drug-likeness (QED) is 0.761. The van der Waals surface area contributed by atoms with Gasteiger partial charge in [-0.15, -0.1) is 0 Å². The van der Waals surface area contributed by atoms with E-state index in [9.17, 15) is 4.21 Å². The lowest BCUT2D eigenvalue weighted by atomic mass is 10.1. The van der Waals surface area contributed by atoms with Crippen molar-refractivity contribution in [1.82, 2.24) is 5.32 Å². The van der Waals surface area contributed by atoms with Gasteiger partial charge >= 0.3 is 0 Å². The largest absolute Gasteiger partial charge is 0.494 e. The number of benzene rings is 1. The van der Waals surface area contributed by atoms with Crippen molar-refractivity contribution in [3.63, 3.8) is 0 Å². The highest BCUT2D eigenvalue weighted by Crippen LogP contribution is 2.26. The van der Waals surface area contributed by atoms with Crippen LogP contribution in [0, 0.1) is 5.92 Å². The second-order valence-corrected chi connectivity index (χ2v) is 6.79. The minimum atomic E-state index is -0.812. The molecule has 1 N–H and O–H groups in total. The first-order valence-electron chi connectivity index (χ1n) is 7.38. The van der Waals surface area contributed by atoms with Crippen molar-refractivity contribution in [2.24, 2.45) is 5.92 Å². The van der Waals surface area contributed by atoms with E-state index >= 15 is 0 Å². The SMILES string of the molecule is CCNC(CS(=O)CC(C)C)c1ccccc1OCC. The van der Waals surface area contributed by atoms with Crippen molar-refractivity contribution >= 4 is 10.8 Å². The third kappa shape index (κ3) is 5.63. The Labute approximate surface area is 125 Å². The van der Waals surface area contributed by atoms with Crippen LogP contribution in [0.25, 0.3) is 0 Å². The highest BCUT2D eigenvalue weighted by atomic mass is 32.2. The van der Waals surface area contributed by atoms with Crippen molar-refractivity contribution < 1.29 is 8.95 Å². The van der Waals surface area contributed by atoms with Crippen molar-refractivity contribution in [3.05, 3.63) is 29.8 Å². The van der Waals surface area contributed by atoms with Gasteiger partial charge in [0.15, 0.2) is 0 Å². The van der Waals surface area contributed by atoms with Gasteiger partial charge in [0.2, 0.25) is 0 Å². The molecule has 0 heterocycles. The average molecular weight is 297 g/mol. The molecule has 2 unspecified atom stereocenters. The van der Waals surface area contributed by atoms with Gasteiger partial charge in [-0.05, 0) is 25.5 Å². The fraction of sp³-hybridized carbons (Fsp3) is 0.625. The maximum atomic E-state index is 12.2. The summed E-state index contributed by atoms with van der Waals surface area (Å²) in [6.45, 7) is 9.76.